The Morgan fingerprint density at radius 3 is 2.29 bits per heavy atom. The second kappa shape index (κ2) is 4.09. The van der Waals surface area contributed by atoms with Gasteiger partial charge in [-0.3, -0.25) is 0 Å². The number of aliphatic hydroxyl groups is 5. The van der Waals surface area contributed by atoms with Crippen LogP contribution in [0.3, 0.4) is 0 Å². The van der Waals surface area contributed by atoms with Crippen LogP contribution in [0.4, 0.5) is 0 Å². The molecule has 0 saturated carbocycles. The molecule has 0 aromatic rings. The number of ether oxygens (including phenoxy) is 1. The first-order valence-electron chi connectivity index (χ1n) is 4.43. The van der Waals surface area contributed by atoms with Gasteiger partial charge in [-0.25, -0.2) is 0 Å². The molecular formula is C8H16O6. The summed E-state index contributed by atoms with van der Waals surface area (Å²) in [7, 11) is 0. The lowest BCUT2D eigenvalue weighted by atomic mass is 9.92. The van der Waals surface area contributed by atoms with Crippen molar-refractivity contribution in [2.24, 2.45) is 5.92 Å². The van der Waals surface area contributed by atoms with Crippen LogP contribution in [0.2, 0.25) is 0 Å². The average Bonchev–Trinajstić information content (AvgIpc) is 2.12. The van der Waals surface area contributed by atoms with Crippen LogP contribution in [0.1, 0.15) is 6.92 Å². The van der Waals surface area contributed by atoms with Crippen molar-refractivity contribution in [3.8, 4) is 0 Å². The third kappa shape index (κ3) is 2.22. The van der Waals surface area contributed by atoms with Gasteiger partial charge in [-0.2, -0.15) is 0 Å². The lowest BCUT2D eigenvalue weighted by Crippen LogP contribution is -2.58. The second-order valence-electron chi connectivity index (χ2n) is 3.80. The fraction of sp³-hybridized carbons (Fsp3) is 1.00. The standard InChI is InChI=1S/C8H16O6/c1-4-2-14-3-8(12,13)7(11)6(10)5(4)9/h4-7,9-13H,2-3H2,1H3. The Hall–Kier alpha value is -0.240. The number of aliphatic hydroxyl groups excluding tert-OH is 3. The summed E-state index contributed by atoms with van der Waals surface area (Å²) in [5.74, 6) is -2.91. The molecule has 6 nitrogen and oxygen atoms in total. The molecule has 4 atom stereocenters. The minimum atomic E-state index is -2.53. The summed E-state index contributed by atoms with van der Waals surface area (Å²) in [6.45, 7) is 1.22. The summed E-state index contributed by atoms with van der Waals surface area (Å²) in [5, 5.41) is 46.6. The lowest BCUT2D eigenvalue weighted by molar-refractivity contribution is -0.290. The Morgan fingerprint density at radius 2 is 1.71 bits per heavy atom. The van der Waals surface area contributed by atoms with Crippen molar-refractivity contribution in [1.82, 2.24) is 0 Å². The Bertz CT molecular complexity index is 194. The van der Waals surface area contributed by atoms with Gasteiger partial charge in [0.1, 0.15) is 18.8 Å². The molecule has 0 aromatic carbocycles. The molecule has 5 N–H and O–H groups in total. The van der Waals surface area contributed by atoms with E-state index in [-0.39, 0.29) is 12.5 Å². The SMILES string of the molecule is CC1COCC(O)(O)C(O)C(O)C1O. The van der Waals surface area contributed by atoms with E-state index >= 15 is 0 Å². The maximum absolute atomic E-state index is 9.44. The Morgan fingerprint density at radius 1 is 1.14 bits per heavy atom. The molecule has 1 aliphatic heterocycles. The predicted molar refractivity (Wildman–Crippen MR) is 45.2 cm³/mol. The third-order valence-electron chi connectivity index (χ3n) is 2.43. The summed E-state index contributed by atoms with van der Waals surface area (Å²) < 4.78 is 4.86. The minimum Gasteiger partial charge on any atom is -0.390 e. The monoisotopic (exact) mass is 208 g/mol. The normalized spacial score (nSPS) is 44.1. The quantitative estimate of drug-likeness (QED) is 0.280. The predicted octanol–water partition coefficient (Wildman–Crippen LogP) is -2.58. The molecule has 0 aromatic heterocycles. The molecule has 1 rings (SSSR count). The molecule has 14 heavy (non-hydrogen) atoms. The van der Waals surface area contributed by atoms with E-state index in [0.717, 1.165) is 0 Å². The third-order valence-corrected chi connectivity index (χ3v) is 2.43. The minimum absolute atomic E-state index is 0.0911. The summed E-state index contributed by atoms with van der Waals surface area (Å²) >= 11 is 0. The van der Waals surface area contributed by atoms with Gasteiger partial charge >= 0.3 is 0 Å². The highest BCUT2D eigenvalue weighted by atomic mass is 16.6. The van der Waals surface area contributed by atoms with Gasteiger partial charge in [0.2, 0.25) is 5.79 Å². The van der Waals surface area contributed by atoms with E-state index in [1.165, 1.54) is 0 Å². The zero-order chi connectivity index (χ0) is 10.9. The molecular weight excluding hydrogens is 192 g/mol. The van der Waals surface area contributed by atoms with Crippen LogP contribution in [-0.2, 0) is 4.74 Å². The molecule has 0 amide bonds. The van der Waals surface area contributed by atoms with Gasteiger partial charge in [0.05, 0.1) is 12.7 Å². The molecule has 0 bridgehead atoms. The fourth-order valence-electron chi connectivity index (χ4n) is 1.38. The van der Waals surface area contributed by atoms with Crippen LogP contribution in [0.5, 0.6) is 0 Å². The number of hydrogen-bond acceptors (Lipinski definition) is 6. The van der Waals surface area contributed by atoms with Gasteiger partial charge < -0.3 is 30.3 Å². The Labute approximate surface area is 81.4 Å². The van der Waals surface area contributed by atoms with Gasteiger partial charge in [-0.15, -0.1) is 0 Å². The first-order chi connectivity index (χ1) is 6.36. The van der Waals surface area contributed by atoms with E-state index in [4.69, 9.17) is 4.74 Å². The van der Waals surface area contributed by atoms with Gasteiger partial charge in [0.15, 0.2) is 0 Å². The summed E-state index contributed by atoms with van der Waals surface area (Å²) in [5.41, 5.74) is 0. The molecule has 0 spiro atoms. The molecule has 0 radical (unpaired) electrons. The fourth-order valence-corrected chi connectivity index (χ4v) is 1.38. The average molecular weight is 208 g/mol. The van der Waals surface area contributed by atoms with E-state index in [1.54, 1.807) is 6.92 Å². The van der Waals surface area contributed by atoms with Crippen LogP contribution >= 0.6 is 0 Å². The van der Waals surface area contributed by atoms with Crippen molar-refractivity contribution in [2.75, 3.05) is 13.2 Å². The van der Waals surface area contributed by atoms with E-state index in [0.29, 0.717) is 0 Å². The van der Waals surface area contributed by atoms with E-state index in [1.807, 2.05) is 0 Å². The van der Waals surface area contributed by atoms with Gasteiger partial charge in [-0.05, 0) is 0 Å². The molecule has 1 heterocycles. The Balaban J connectivity index is 2.78. The number of hydrogen-bond donors (Lipinski definition) is 5. The maximum atomic E-state index is 9.44. The van der Waals surface area contributed by atoms with Crippen molar-refractivity contribution in [3.63, 3.8) is 0 Å². The zero-order valence-electron chi connectivity index (χ0n) is 7.87. The highest BCUT2D eigenvalue weighted by Gasteiger charge is 2.44. The maximum Gasteiger partial charge on any atom is 0.216 e. The molecule has 6 heteroatoms. The topological polar surface area (TPSA) is 110 Å². The molecule has 84 valence electrons. The van der Waals surface area contributed by atoms with E-state index in [2.05, 4.69) is 0 Å². The second-order valence-corrected chi connectivity index (χ2v) is 3.80. The lowest BCUT2D eigenvalue weighted by Gasteiger charge is -2.37. The van der Waals surface area contributed by atoms with Crippen LogP contribution in [0.15, 0.2) is 0 Å². The number of rotatable bonds is 0. The molecule has 1 fully saturated rings. The van der Waals surface area contributed by atoms with Gasteiger partial charge in [0, 0.05) is 5.92 Å². The first-order valence-corrected chi connectivity index (χ1v) is 4.43. The summed E-state index contributed by atoms with van der Waals surface area (Å²) in [6, 6.07) is 0. The highest BCUT2D eigenvalue weighted by molar-refractivity contribution is 4.89. The Kier molecular flexibility index (Phi) is 3.46. The van der Waals surface area contributed by atoms with Gasteiger partial charge in [0.25, 0.3) is 0 Å². The molecule has 1 saturated heterocycles. The van der Waals surface area contributed by atoms with E-state index < -0.39 is 30.7 Å². The summed E-state index contributed by atoms with van der Waals surface area (Å²) in [6.07, 6.45) is -4.69. The molecule has 4 unspecified atom stereocenters. The smallest absolute Gasteiger partial charge is 0.216 e. The van der Waals surface area contributed by atoms with E-state index in [9.17, 15) is 25.5 Å². The largest absolute Gasteiger partial charge is 0.390 e. The van der Waals surface area contributed by atoms with Crippen LogP contribution in [0, 0.1) is 5.92 Å². The van der Waals surface area contributed by atoms with Crippen molar-refractivity contribution in [3.05, 3.63) is 0 Å². The van der Waals surface area contributed by atoms with Crippen molar-refractivity contribution in [1.29, 1.82) is 0 Å². The van der Waals surface area contributed by atoms with Crippen molar-refractivity contribution in [2.45, 2.75) is 31.0 Å². The van der Waals surface area contributed by atoms with Crippen LogP contribution < -0.4 is 0 Å². The van der Waals surface area contributed by atoms with Crippen molar-refractivity contribution >= 4 is 0 Å². The molecule has 1 aliphatic rings. The van der Waals surface area contributed by atoms with Crippen LogP contribution in [-0.4, -0.2) is 62.8 Å². The zero-order valence-corrected chi connectivity index (χ0v) is 7.87. The van der Waals surface area contributed by atoms with Gasteiger partial charge in [-0.1, -0.05) is 6.92 Å². The van der Waals surface area contributed by atoms with Crippen LogP contribution in [0.25, 0.3) is 0 Å². The molecule has 0 aliphatic carbocycles. The summed E-state index contributed by atoms with van der Waals surface area (Å²) in [4.78, 5) is 0. The highest BCUT2D eigenvalue weighted by Crippen LogP contribution is 2.21. The first kappa shape index (κ1) is 11.8. The van der Waals surface area contributed by atoms with Crippen molar-refractivity contribution < 1.29 is 30.3 Å².